The van der Waals surface area contributed by atoms with Gasteiger partial charge < -0.3 is 10.0 Å². The summed E-state index contributed by atoms with van der Waals surface area (Å²) >= 11 is 0. The lowest BCUT2D eigenvalue weighted by atomic mass is 10.1. The van der Waals surface area contributed by atoms with Gasteiger partial charge in [-0.1, -0.05) is 12.1 Å². The zero-order valence-corrected chi connectivity index (χ0v) is 10.1. The number of amides is 1. The number of hydrogen-bond acceptors (Lipinski definition) is 3. The first-order valence-electron chi connectivity index (χ1n) is 5.53. The maximum atomic E-state index is 11.8. The van der Waals surface area contributed by atoms with Crippen LogP contribution in [0.25, 0.3) is 0 Å². The van der Waals surface area contributed by atoms with Crippen molar-refractivity contribution >= 4 is 17.6 Å². The van der Waals surface area contributed by atoms with E-state index in [9.17, 15) is 9.59 Å². The molecule has 1 rings (SSSR count). The summed E-state index contributed by atoms with van der Waals surface area (Å²) < 4.78 is 0. The van der Waals surface area contributed by atoms with Gasteiger partial charge in [0.2, 0.25) is 5.91 Å². The van der Waals surface area contributed by atoms with Crippen LogP contribution >= 0.6 is 0 Å². The largest absolute Gasteiger partial charge is 0.481 e. The Balaban J connectivity index is 2.69. The van der Waals surface area contributed by atoms with Gasteiger partial charge in [-0.05, 0) is 18.6 Å². The molecule has 0 unspecified atom stereocenters. The molecule has 0 spiro atoms. The lowest BCUT2D eigenvalue weighted by molar-refractivity contribution is -0.137. The molecule has 0 saturated heterocycles. The Labute approximate surface area is 105 Å². The SMILES string of the molecule is CN(C(=O)CCCC(=O)O)c1ccccc1C#N. The van der Waals surface area contributed by atoms with Crippen molar-refractivity contribution in [3.63, 3.8) is 0 Å². The number of nitriles is 1. The van der Waals surface area contributed by atoms with Crippen LogP contribution in [0.4, 0.5) is 5.69 Å². The van der Waals surface area contributed by atoms with E-state index in [1.165, 1.54) is 4.90 Å². The van der Waals surface area contributed by atoms with Crippen LogP contribution in [0.15, 0.2) is 24.3 Å². The monoisotopic (exact) mass is 246 g/mol. The topological polar surface area (TPSA) is 81.4 Å². The second kappa shape index (κ2) is 6.40. The number of hydrogen-bond donors (Lipinski definition) is 1. The number of carbonyl (C=O) groups is 2. The van der Waals surface area contributed by atoms with Crippen LogP contribution in [0.5, 0.6) is 0 Å². The van der Waals surface area contributed by atoms with Crippen LogP contribution in [0.2, 0.25) is 0 Å². The second-order valence-electron chi connectivity index (χ2n) is 3.83. The minimum Gasteiger partial charge on any atom is -0.481 e. The van der Waals surface area contributed by atoms with Gasteiger partial charge >= 0.3 is 5.97 Å². The molecule has 18 heavy (non-hydrogen) atoms. The van der Waals surface area contributed by atoms with Crippen molar-refractivity contribution in [1.29, 1.82) is 5.26 Å². The Morgan fingerprint density at radius 2 is 2.00 bits per heavy atom. The molecule has 0 aromatic heterocycles. The summed E-state index contributed by atoms with van der Waals surface area (Å²) in [5.74, 6) is -1.11. The summed E-state index contributed by atoms with van der Waals surface area (Å²) in [5.41, 5.74) is 0.965. The van der Waals surface area contributed by atoms with Crippen molar-refractivity contribution in [3.8, 4) is 6.07 Å². The number of benzene rings is 1. The fourth-order valence-electron chi connectivity index (χ4n) is 1.55. The molecule has 94 valence electrons. The molecule has 0 atom stereocenters. The molecule has 1 aromatic carbocycles. The van der Waals surface area contributed by atoms with Crippen LogP contribution in [-0.4, -0.2) is 24.0 Å². The van der Waals surface area contributed by atoms with Crippen LogP contribution in [0.3, 0.4) is 0 Å². The lowest BCUT2D eigenvalue weighted by Crippen LogP contribution is -2.26. The van der Waals surface area contributed by atoms with Crippen molar-refractivity contribution in [3.05, 3.63) is 29.8 Å². The number of rotatable bonds is 5. The van der Waals surface area contributed by atoms with Gasteiger partial charge in [-0.15, -0.1) is 0 Å². The summed E-state index contributed by atoms with van der Waals surface area (Å²) in [6.07, 6.45) is 0.426. The standard InChI is InChI=1S/C13H14N2O3/c1-15(12(16)7-4-8-13(17)18)11-6-3-2-5-10(11)9-14/h2-3,5-6H,4,7-8H2,1H3,(H,17,18). The molecule has 0 aliphatic rings. The second-order valence-corrected chi connectivity index (χ2v) is 3.83. The Morgan fingerprint density at radius 3 is 2.61 bits per heavy atom. The molecule has 1 N–H and O–H groups in total. The van der Waals surface area contributed by atoms with Crippen molar-refractivity contribution in [2.75, 3.05) is 11.9 Å². The third-order valence-electron chi connectivity index (χ3n) is 2.54. The normalized spacial score (nSPS) is 9.56. The minimum atomic E-state index is -0.914. The van der Waals surface area contributed by atoms with Crippen molar-refractivity contribution in [1.82, 2.24) is 0 Å². The number of nitrogens with zero attached hydrogens (tertiary/aromatic N) is 2. The quantitative estimate of drug-likeness (QED) is 0.858. The van der Waals surface area contributed by atoms with E-state index in [-0.39, 0.29) is 18.7 Å². The van der Waals surface area contributed by atoms with Crippen LogP contribution in [-0.2, 0) is 9.59 Å². The van der Waals surface area contributed by atoms with Gasteiger partial charge in [-0.3, -0.25) is 9.59 Å². The number of carboxylic acids is 1. The minimum absolute atomic E-state index is 0.0283. The summed E-state index contributed by atoms with van der Waals surface area (Å²) in [5, 5.41) is 17.4. The van der Waals surface area contributed by atoms with Crippen LogP contribution in [0.1, 0.15) is 24.8 Å². The highest BCUT2D eigenvalue weighted by atomic mass is 16.4. The van der Waals surface area contributed by atoms with Crippen LogP contribution in [0, 0.1) is 11.3 Å². The predicted molar refractivity (Wildman–Crippen MR) is 66.1 cm³/mol. The number of anilines is 1. The molecule has 1 aromatic rings. The Bertz CT molecular complexity index is 491. The molecule has 0 aliphatic heterocycles. The lowest BCUT2D eigenvalue weighted by Gasteiger charge is -2.18. The Hall–Kier alpha value is -2.35. The third kappa shape index (κ3) is 3.59. The molecule has 0 radical (unpaired) electrons. The molecule has 5 heteroatoms. The highest BCUT2D eigenvalue weighted by Crippen LogP contribution is 2.19. The molecule has 0 heterocycles. The maximum Gasteiger partial charge on any atom is 0.303 e. The number of aliphatic carboxylic acids is 1. The summed E-state index contributed by atoms with van der Waals surface area (Å²) in [7, 11) is 1.58. The first-order chi connectivity index (χ1) is 8.56. The van der Waals surface area contributed by atoms with Crippen molar-refractivity contribution in [2.45, 2.75) is 19.3 Å². The zero-order chi connectivity index (χ0) is 13.5. The van der Waals surface area contributed by atoms with Gasteiger partial charge in [-0.2, -0.15) is 5.26 Å². The molecule has 0 bridgehead atoms. The van der Waals surface area contributed by atoms with Gasteiger partial charge in [0, 0.05) is 19.9 Å². The van der Waals surface area contributed by atoms with E-state index in [1.54, 1.807) is 31.3 Å². The van der Waals surface area contributed by atoms with Gasteiger partial charge in [-0.25, -0.2) is 0 Å². The fraction of sp³-hybridized carbons (Fsp3) is 0.308. The zero-order valence-electron chi connectivity index (χ0n) is 10.1. The Kier molecular flexibility index (Phi) is 4.88. The highest BCUT2D eigenvalue weighted by molar-refractivity contribution is 5.94. The van der Waals surface area contributed by atoms with E-state index >= 15 is 0 Å². The third-order valence-corrected chi connectivity index (χ3v) is 2.54. The smallest absolute Gasteiger partial charge is 0.303 e. The van der Waals surface area contributed by atoms with E-state index in [1.807, 2.05) is 6.07 Å². The summed E-state index contributed by atoms with van der Waals surface area (Å²) in [6, 6.07) is 8.82. The first kappa shape index (κ1) is 13.7. The van der Waals surface area contributed by atoms with Crippen LogP contribution < -0.4 is 4.90 Å². The van der Waals surface area contributed by atoms with Gasteiger partial charge in [0.1, 0.15) is 6.07 Å². The molecular weight excluding hydrogens is 232 g/mol. The highest BCUT2D eigenvalue weighted by Gasteiger charge is 2.14. The molecule has 5 nitrogen and oxygen atoms in total. The molecule has 0 fully saturated rings. The molecular formula is C13H14N2O3. The number of carbonyl (C=O) groups excluding carboxylic acids is 1. The summed E-state index contributed by atoms with van der Waals surface area (Å²) in [6.45, 7) is 0. The molecule has 1 amide bonds. The van der Waals surface area contributed by atoms with Crippen molar-refractivity contribution < 1.29 is 14.7 Å². The number of para-hydroxylation sites is 1. The maximum absolute atomic E-state index is 11.8. The Morgan fingerprint density at radius 1 is 1.33 bits per heavy atom. The van der Waals surface area contributed by atoms with Gasteiger partial charge in [0.15, 0.2) is 0 Å². The first-order valence-corrected chi connectivity index (χ1v) is 5.53. The average molecular weight is 246 g/mol. The van der Waals surface area contributed by atoms with E-state index in [4.69, 9.17) is 10.4 Å². The van der Waals surface area contributed by atoms with E-state index < -0.39 is 5.97 Å². The van der Waals surface area contributed by atoms with Gasteiger partial charge in [0.05, 0.1) is 11.3 Å². The summed E-state index contributed by atoms with van der Waals surface area (Å²) in [4.78, 5) is 23.6. The number of carboxylic acid groups (broad SMARTS) is 1. The molecule has 0 aliphatic carbocycles. The van der Waals surface area contributed by atoms with E-state index in [0.29, 0.717) is 17.7 Å². The van der Waals surface area contributed by atoms with E-state index in [0.717, 1.165) is 0 Å². The van der Waals surface area contributed by atoms with E-state index in [2.05, 4.69) is 0 Å². The predicted octanol–water partition coefficient (Wildman–Crippen LogP) is 1.78. The van der Waals surface area contributed by atoms with Gasteiger partial charge in [0.25, 0.3) is 0 Å². The fourth-order valence-corrected chi connectivity index (χ4v) is 1.55. The van der Waals surface area contributed by atoms with Crippen molar-refractivity contribution in [2.24, 2.45) is 0 Å². The average Bonchev–Trinajstić information content (AvgIpc) is 2.37. The molecule has 0 saturated carbocycles.